The van der Waals surface area contributed by atoms with Crippen molar-refractivity contribution in [3.8, 4) is 0 Å². The molecule has 0 radical (unpaired) electrons. The molecule has 1 N–H and O–H groups in total. The number of thioether (sulfide) groups is 1. The predicted molar refractivity (Wildman–Crippen MR) is 74.2 cm³/mol. The van der Waals surface area contributed by atoms with E-state index in [2.05, 4.69) is 19.2 Å². The molecule has 1 amide bonds. The third kappa shape index (κ3) is 5.59. The summed E-state index contributed by atoms with van der Waals surface area (Å²) in [7, 11) is 0. The third-order valence-electron chi connectivity index (χ3n) is 3.00. The first-order chi connectivity index (χ1) is 9.06. The molecule has 2 nitrogen and oxygen atoms in total. The molecule has 0 saturated heterocycles. The van der Waals surface area contributed by atoms with E-state index >= 15 is 0 Å². The van der Waals surface area contributed by atoms with Crippen molar-refractivity contribution in [2.24, 2.45) is 5.92 Å². The first-order valence-electron chi connectivity index (χ1n) is 6.41. The SMILES string of the molecule is CCC(CC)CNC(=O)CSc1ccc(F)cc1F. The standard InChI is InChI=1S/C14H19F2NOS/c1-3-10(4-2)8-17-14(18)9-19-13-6-5-11(15)7-12(13)16/h5-7,10H,3-4,8-9H2,1-2H3,(H,17,18). The second-order valence-electron chi connectivity index (χ2n) is 4.35. The molecule has 0 aliphatic rings. The Labute approximate surface area is 117 Å². The monoisotopic (exact) mass is 287 g/mol. The van der Waals surface area contributed by atoms with Gasteiger partial charge in [0.05, 0.1) is 5.75 Å². The number of carbonyl (C=O) groups is 1. The van der Waals surface area contributed by atoms with Crippen LogP contribution >= 0.6 is 11.8 Å². The molecule has 0 saturated carbocycles. The number of rotatable bonds is 7. The number of nitrogens with one attached hydrogen (secondary N) is 1. The van der Waals surface area contributed by atoms with Gasteiger partial charge in [0.25, 0.3) is 0 Å². The van der Waals surface area contributed by atoms with Gasteiger partial charge in [-0.05, 0) is 18.1 Å². The molecule has 1 rings (SSSR count). The highest BCUT2D eigenvalue weighted by Gasteiger charge is 2.09. The summed E-state index contributed by atoms with van der Waals surface area (Å²) in [5, 5.41) is 2.83. The average Bonchev–Trinajstić information content (AvgIpc) is 2.39. The van der Waals surface area contributed by atoms with Crippen molar-refractivity contribution in [2.75, 3.05) is 12.3 Å². The van der Waals surface area contributed by atoms with Crippen molar-refractivity contribution in [3.05, 3.63) is 29.8 Å². The lowest BCUT2D eigenvalue weighted by Gasteiger charge is -2.13. The summed E-state index contributed by atoms with van der Waals surface area (Å²) in [6.45, 7) is 4.82. The van der Waals surface area contributed by atoms with Crippen LogP contribution in [0.25, 0.3) is 0 Å². The summed E-state index contributed by atoms with van der Waals surface area (Å²) in [6, 6.07) is 3.36. The molecular formula is C14H19F2NOS. The molecule has 0 unspecified atom stereocenters. The molecule has 106 valence electrons. The maximum absolute atomic E-state index is 13.3. The Hall–Kier alpha value is -1.10. The molecule has 0 aliphatic heterocycles. The van der Waals surface area contributed by atoms with Gasteiger partial charge in [-0.3, -0.25) is 4.79 Å². The van der Waals surface area contributed by atoms with Gasteiger partial charge >= 0.3 is 0 Å². The Kier molecular flexibility index (Phi) is 6.84. The fourth-order valence-corrected chi connectivity index (χ4v) is 2.37. The minimum atomic E-state index is -0.627. The molecule has 19 heavy (non-hydrogen) atoms. The van der Waals surface area contributed by atoms with Crippen LogP contribution in [0.3, 0.4) is 0 Å². The second kappa shape index (κ2) is 8.15. The lowest BCUT2D eigenvalue weighted by Crippen LogP contribution is -2.30. The van der Waals surface area contributed by atoms with Crippen molar-refractivity contribution in [3.63, 3.8) is 0 Å². The zero-order valence-electron chi connectivity index (χ0n) is 11.2. The van der Waals surface area contributed by atoms with Crippen LogP contribution in [-0.4, -0.2) is 18.2 Å². The first kappa shape index (κ1) is 16.0. The van der Waals surface area contributed by atoms with E-state index in [9.17, 15) is 13.6 Å². The van der Waals surface area contributed by atoms with Crippen LogP contribution in [0.15, 0.2) is 23.1 Å². The summed E-state index contributed by atoms with van der Waals surface area (Å²) in [6.07, 6.45) is 2.05. The van der Waals surface area contributed by atoms with E-state index in [1.165, 1.54) is 12.1 Å². The zero-order valence-corrected chi connectivity index (χ0v) is 12.0. The van der Waals surface area contributed by atoms with Crippen LogP contribution in [0.1, 0.15) is 26.7 Å². The molecule has 0 atom stereocenters. The first-order valence-corrected chi connectivity index (χ1v) is 7.39. The van der Waals surface area contributed by atoms with Crippen LogP contribution < -0.4 is 5.32 Å². The highest BCUT2D eigenvalue weighted by molar-refractivity contribution is 8.00. The van der Waals surface area contributed by atoms with Gasteiger partial charge in [0.1, 0.15) is 11.6 Å². The molecule has 1 aromatic carbocycles. The Morgan fingerprint density at radius 2 is 2.00 bits per heavy atom. The molecule has 0 spiro atoms. The van der Waals surface area contributed by atoms with Crippen LogP contribution in [0.4, 0.5) is 8.78 Å². The smallest absolute Gasteiger partial charge is 0.230 e. The number of benzene rings is 1. The highest BCUT2D eigenvalue weighted by Crippen LogP contribution is 2.22. The number of carbonyl (C=O) groups excluding carboxylic acids is 1. The van der Waals surface area contributed by atoms with E-state index in [0.717, 1.165) is 30.7 Å². The Bertz CT molecular complexity index is 422. The van der Waals surface area contributed by atoms with Crippen molar-refractivity contribution >= 4 is 17.7 Å². The largest absolute Gasteiger partial charge is 0.355 e. The molecule has 1 aromatic rings. The lowest BCUT2D eigenvalue weighted by molar-refractivity contribution is -0.118. The van der Waals surface area contributed by atoms with Crippen molar-refractivity contribution in [1.82, 2.24) is 5.32 Å². The molecule has 5 heteroatoms. The van der Waals surface area contributed by atoms with Crippen molar-refractivity contribution < 1.29 is 13.6 Å². The Morgan fingerprint density at radius 1 is 1.32 bits per heavy atom. The Balaban J connectivity index is 2.37. The fraction of sp³-hybridized carbons (Fsp3) is 0.500. The van der Waals surface area contributed by atoms with Gasteiger partial charge in [-0.25, -0.2) is 8.78 Å². The van der Waals surface area contributed by atoms with Crippen LogP contribution in [0.2, 0.25) is 0 Å². The van der Waals surface area contributed by atoms with Crippen molar-refractivity contribution in [2.45, 2.75) is 31.6 Å². The predicted octanol–water partition coefficient (Wildman–Crippen LogP) is 3.61. The number of hydrogen-bond acceptors (Lipinski definition) is 2. The number of amides is 1. The topological polar surface area (TPSA) is 29.1 Å². The van der Waals surface area contributed by atoms with Crippen LogP contribution in [0, 0.1) is 17.6 Å². The van der Waals surface area contributed by atoms with E-state index in [1.807, 2.05) is 0 Å². The Morgan fingerprint density at radius 3 is 2.58 bits per heavy atom. The van der Waals surface area contributed by atoms with E-state index in [4.69, 9.17) is 0 Å². The van der Waals surface area contributed by atoms with E-state index in [1.54, 1.807) is 0 Å². The summed E-state index contributed by atoms with van der Waals surface area (Å²) in [5.41, 5.74) is 0. The quantitative estimate of drug-likeness (QED) is 0.776. The summed E-state index contributed by atoms with van der Waals surface area (Å²) in [4.78, 5) is 11.9. The van der Waals surface area contributed by atoms with Crippen molar-refractivity contribution in [1.29, 1.82) is 0 Å². The minimum absolute atomic E-state index is 0.124. The summed E-state index contributed by atoms with van der Waals surface area (Å²) >= 11 is 1.08. The number of hydrogen-bond donors (Lipinski definition) is 1. The van der Waals surface area contributed by atoms with Gasteiger partial charge in [0.15, 0.2) is 0 Å². The normalized spacial score (nSPS) is 10.8. The number of halogens is 2. The minimum Gasteiger partial charge on any atom is -0.355 e. The fourth-order valence-electron chi connectivity index (χ4n) is 1.62. The summed E-state index contributed by atoms with van der Waals surface area (Å²) in [5.74, 6) is -0.738. The van der Waals surface area contributed by atoms with E-state index < -0.39 is 11.6 Å². The van der Waals surface area contributed by atoms with Crippen LogP contribution in [-0.2, 0) is 4.79 Å². The van der Waals surface area contributed by atoms with Gasteiger partial charge < -0.3 is 5.32 Å². The molecular weight excluding hydrogens is 268 g/mol. The summed E-state index contributed by atoms with van der Waals surface area (Å²) < 4.78 is 26.0. The van der Waals surface area contributed by atoms with Gasteiger partial charge in [0, 0.05) is 17.5 Å². The maximum atomic E-state index is 13.3. The van der Waals surface area contributed by atoms with Gasteiger partial charge in [-0.15, -0.1) is 11.8 Å². The zero-order chi connectivity index (χ0) is 14.3. The highest BCUT2D eigenvalue weighted by atomic mass is 32.2. The molecule has 0 bridgehead atoms. The molecule has 0 aliphatic carbocycles. The molecule has 0 fully saturated rings. The molecule has 0 heterocycles. The van der Waals surface area contributed by atoms with Gasteiger partial charge in [0.2, 0.25) is 5.91 Å². The van der Waals surface area contributed by atoms with E-state index in [-0.39, 0.29) is 11.7 Å². The third-order valence-corrected chi connectivity index (χ3v) is 4.04. The average molecular weight is 287 g/mol. The van der Waals surface area contributed by atoms with Gasteiger partial charge in [-0.2, -0.15) is 0 Å². The second-order valence-corrected chi connectivity index (χ2v) is 5.37. The maximum Gasteiger partial charge on any atom is 0.230 e. The lowest BCUT2D eigenvalue weighted by atomic mass is 10.0. The molecule has 0 aromatic heterocycles. The van der Waals surface area contributed by atoms with Crippen LogP contribution in [0.5, 0.6) is 0 Å². The van der Waals surface area contributed by atoms with Gasteiger partial charge in [-0.1, -0.05) is 26.7 Å². The van der Waals surface area contributed by atoms with E-state index in [0.29, 0.717) is 17.4 Å².